The summed E-state index contributed by atoms with van der Waals surface area (Å²) in [6, 6.07) is 10.7. The number of nitrogens with one attached hydrogen (secondary N) is 1. The molecule has 0 unspecified atom stereocenters. The molecule has 0 atom stereocenters. The smallest absolute Gasteiger partial charge is 0.274 e. The maximum Gasteiger partial charge on any atom is 0.274 e. The van der Waals surface area contributed by atoms with Crippen LogP contribution in [0.3, 0.4) is 0 Å². The molecule has 1 N–H and O–H groups in total. The maximum atomic E-state index is 12.8. The van der Waals surface area contributed by atoms with Crippen LogP contribution in [0, 0.1) is 0 Å². The average molecular weight is 387 g/mol. The predicted molar refractivity (Wildman–Crippen MR) is 98.8 cm³/mol. The second-order valence-electron chi connectivity index (χ2n) is 5.42. The van der Waals surface area contributed by atoms with Gasteiger partial charge in [0.25, 0.3) is 15.9 Å². The molecule has 0 aliphatic heterocycles. The zero-order chi connectivity index (χ0) is 19.4. The fourth-order valence-electron chi connectivity index (χ4n) is 2.39. The molecule has 0 radical (unpaired) electrons. The minimum absolute atomic E-state index is 0.0263. The number of nitrogens with zero attached hydrogens (tertiary/aromatic N) is 2. The molecule has 9 heteroatoms. The highest BCUT2D eigenvalue weighted by Crippen LogP contribution is 2.30. The van der Waals surface area contributed by atoms with Gasteiger partial charge < -0.3 is 14.8 Å². The first-order valence-electron chi connectivity index (χ1n) is 7.83. The number of hydrogen-bond acceptors (Lipinski definition) is 6. The number of hydrogen-bond donors (Lipinski definition) is 1. The molecular formula is C18H17N3O5S. The van der Waals surface area contributed by atoms with Crippen LogP contribution in [0.1, 0.15) is 10.5 Å². The van der Waals surface area contributed by atoms with Gasteiger partial charge in [-0.25, -0.2) is 12.4 Å². The Morgan fingerprint density at radius 1 is 1.07 bits per heavy atom. The molecule has 27 heavy (non-hydrogen) atoms. The van der Waals surface area contributed by atoms with Crippen molar-refractivity contribution in [3.63, 3.8) is 0 Å². The zero-order valence-electron chi connectivity index (χ0n) is 14.6. The van der Waals surface area contributed by atoms with Crippen LogP contribution in [0.4, 0.5) is 5.69 Å². The molecule has 140 valence electrons. The monoisotopic (exact) mass is 387 g/mol. The van der Waals surface area contributed by atoms with Gasteiger partial charge in [0, 0.05) is 24.7 Å². The third-order valence-electron chi connectivity index (χ3n) is 3.75. The minimum Gasteiger partial charge on any atom is -0.493 e. The summed E-state index contributed by atoms with van der Waals surface area (Å²) < 4.78 is 36.9. The molecule has 1 aromatic carbocycles. The summed E-state index contributed by atoms with van der Waals surface area (Å²) in [4.78, 5) is 16.1. The highest BCUT2D eigenvalue weighted by atomic mass is 32.2. The van der Waals surface area contributed by atoms with Crippen molar-refractivity contribution in [3.05, 3.63) is 66.7 Å². The fraction of sp³-hybridized carbons (Fsp3) is 0.111. The number of pyridine rings is 1. The summed E-state index contributed by atoms with van der Waals surface area (Å²) in [5.74, 6) is 0.290. The molecule has 0 spiro atoms. The van der Waals surface area contributed by atoms with Gasteiger partial charge in [-0.3, -0.25) is 9.78 Å². The summed E-state index contributed by atoms with van der Waals surface area (Å²) in [6.07, 6.45) is 4.16. The van der Waals surface area contributed by atoms with Crippen molar-refractivity contribution in [2.24, 2.45) is 0 Å². The number of anilines is 1. The van der Waals surface area contributed by atoms with E-state index in [2.05, 4.69) is 10.3 Å². The number of carbonyl (C=O) groups excluding carboxylic acids is 1. The van der Waals surface area contributed by atoms with Crippen LogP contribution < -0.4 is 14.8 Å². The first-order valence-corrected chi connectivity index (χ1v) is 9.27. The molecule has 3 aromatic rings. The Morgan fingerprint density at radius 2 is 1.85 bits per heavy atom. The minimum atomic E-state index is -3.86. The standard InChI is InChI=1S/C18H17N3O5S/c1-25-16-7-6-14(11-17(16)26-2)27(23,24)21-10-8-13(12-21)20-18(22)15-5-3-4-9-19-15/h3-12H,1-2H3,(H,20,22). The molecule has 0 bridgehead atoms. The lowest BCUT2D eigenvalue weighted by atomic mass is 10.3. The number of aromatic nitrogens is 2. The quantitative estimate of drug-likeness (QED) is 0.697. The molecule has 0 saturated heterocycles. The lowest BCUT2D eigenvalue weighted by Gasteiger charge is -2.10. The van der Waals surface area contributed by atoms with Gasteiger partial charge in [-0.2, -0.15) is 0 Å². The average Bonchev–Trinajstić information content (AvgIpc) is 3.17. The largest absolute Gasteiger partial charge is 0.493 e. The van der Waals surface area contributed by atoms with Crippen LogP contribution >= 0.6 is 0 Å². The first kappa shape index (κ1) is 18.5. The van der Waals surface area contributed by atoms with Gasteiger partial charge in [0.1, 0.15) is 5.69 Å². The number of carbonyl (C=O) groups is 1. The van der Waals surface area contributed by atoms with Gasteiger partial charge in [0.2, 0.25) is 0 Å². The van der Waals surface area contributed by atoms with E-state index >= 15 is 0 Å². The molecule has 0 aliphatic carbocycles. The van der Waals surface area contributed by atoms with E-state index in [4.69, 9.17) is 9.47 Å². The van der Waals surface area contributed by atoms with Crippen LogP contribution in [0.25, 0.3) is 0 Å². The van der Waals surface area contributed by atoms with Gasteiger partial charge in [-0.05, 0) is 30.3 Å². The highest BCUT2D eigenvalue weighted by Gasteiger charge is 2.20. The Hall–Kier alpha value is -3.33. The Balaban J connectivity index is 1.86. The molecule has 3 rings (SSSR count). The first-order chi connectivity index (χ1) is 13.0. The third kappa shape index (κ3) is 3.77. The van der Waals surface area contributed by atoms with Crippen molar-refractivity contribution >= 4 is 21.6 Å². The van der Waals surface area contributed by atoms with Crippen LogP contribution in [0.5, 0.6) is 11.5 Å². The van der Waals surface area contributed by atoms with Gasteiger partial charge in [0.05, 0.1) is 24.8 Å². The van der Waals surface area contributed by atoms with Crippen molar-refractivity contribution in [1.29, 1.82) is 0 Å². The molecule has 1 amide bonds. The van der Waals surface area contributed by atoms with E-state index in [-0.39, 0.29) is 10.6 Å². The SMILES string of the molecule is COc1ccc(S(=O)(=O)n2ccc(NC(=O)c3ccccn3)c2)cc1OC. The summed E-state index contributed by atoms with van der Waals surface area (Å²) in [7, 11) is -0.969. The Labute approximate surface area is 156 Å². The molecular weight excluding hydrogens is 370 g/mol. The Bertz CT molecular complexity index is 1060. The lowest BCUT2D eigenvalue weighted by Crippen LogP contribution is -2.14. The summed E-state index contributed by atoms with van der Waals surface area (Å²) in [5.41, 5.74) is 0.558. The van der Waals surface area contributed by atoms with E-state index in [1.165, 1.54) is 57.1 Å². The summed E-state index contributed by atoms with van der Waals surface area (Å²) in [5, 5.41) is 2.61. The highest BCUT2D eigenvalue weighted by molar-refractivity contribution is 7.90. The predicted octanol–water partition coefficient (Wildman–Crippen LogP) is 2.39. The van der Waals surface area contributed by atoms with E-state index in [1.54, 1.807) is 18.2 Å². The van der Waals surface area contributed by atoms with Gasteiger partial charge >= 0.3 is 0 Å². The summed E-state index contributed by atoms with van der Waals surface area (Å²) >= 11 is 0. The third-order valence-corrected chi connectivity index (χ3v) is 5.39. The van der Waals surface area contributed by atoms with Crippen molar-refractivity contribution in [1.82, 2.24) is 8.96 Å². The van der Waals surface area contributed by atoms with E-state index in [0.717, 1.165) is 3.97 Å². The molecule has 8 nitrogen and oxygen atoms in total. The van der Waals surface area contributed by atoms with Gasteiger partial charge in [-0.1, -0.05) is 6.07 Å². The number of amides is 1. The maximum absolute atomic E-state index is 12.8. The van der Waals surface area contributed by atoms with Crippen LogP contribution in [0.2, 0.25) is 0 Å². The van der Waals surface area contributed by atoms with Crippen LogP contribution in [0.15, 0.2) is 66.0 Å². The molecule has 0 saturated carbocycles. The van der Waals surface area contributed by atoms with Crippen molar-refractivity contribution in [3.8, 4) is 11.5 Å². The number of methoxy groups -OCH3 is 2. The molecule has 2 heterocycles. The van der Waals surface area contributed by atoms with E-state index in [9.17, 15) is 13.2 Å². The molecule has 0 aliphatic rings. The molecule has 0 fully saturated rings. The topological polar surface area (TPSA) is 99.5 Å². The summed E-state index contributed by atoms with van der Waals surface area (Å²) in [6.45, 7) is 0. The number of benzene rings is 1. The second-order valence-corrected chi connectivity index (χ2v) is 7.26. The second kappa shape index (κ2) is 7.50. The number of ether oxygens (including phenoxy) is 2. The molecule has 2 aromatic heterocycles. The van der Waals surface area contributed by atoms with E-state index in [0.29, 0.717) is 17.2 Å². The van der Waals surface area contributed by atoms with Crippen LogP contribution in [-0.4, -0.2) is 37.5 Å². The van der Waals surface area contributed by atoms with Crippen molar-refractivity contribution < 1.29 is 22.7 Å². The van der Waals surface area contributed by atoms with Crippen molar-refractivity contribution in [2.45, 2.75) is 4.90 Å². The fourth-order valence-corrected chi connectivity index (χ4v) is 3.60. The van der Waals surface area contributed by atoms with E-state index < -0.39 is 15.9 Å². The normalized spacial score (nSPS) is 11.0. The zero-order valence-corrected chi connectivity index (χ0v) is 15.4. The van der Waals surface area contributed by atoms with Crippen molar-refractivity contribution in [2.75, 3.05) is 19.5 Å². The van der Waals surface area contributed by atoms with Gasteiger partial charge in [-0.15, -0.1) is 0 Å². The van der Waals surface area contributed by atoms with E-state index in [1.807, 2.05) is 0 Å². The lowest BCUT2D eigenvalue weighted by molar-refractivity contribution is 0.102. The van der Waals surface area contributed by atoms with Gasteiger partial charge in [0.15, 0.2) is 11.5 Å². The Morgan fingerprint density at radius 3 is 2.52 bits per heavy atom. The Kier molecular flexibility index (Phi) is 5.13. The van der Waals surface area contributed by atoms with Crippen LogP contribution in [-0.2, 0) is 10.0 Å². The number of rotatable bonds is 6.